The Balaban J connectivity index is 1.44. The van der Waals surface area contributed by atoms with E-state index in [1.807, 2.05) is 52.9 Å². The first-order valence-corrected chi connectivity index (χ1v) is 10.9. The lowest BCUT2D eigenvalue weighted by molar-refractivity contribution is -0.172. The summed E-state index contributed by atoms with van der Waals surface area (Å²) >= 11 is 0. The molecule has 0 bridgehead atoms. The van der Waals surface area contributed by atoms with Crippen LogP contribution in [0, 0.1) is 16.7 Å². The van der Waals surface area contributed by atoms with Crippen LogP contribution in [0.5, 0.6) is 0 Å². The van der Waals surface area contributed by atoms with Gasteiger partial charge in [-0.1, -0.05) is 40.7 Å². The van der Waals surface area contributed by atoms with Crippen LogP contribution in [0.4, 0.5) is 5.82 Å². The van der Waals surface area contributed by atoms with Crippen LogP contribution in [0.2, 0.25) is 0 Å². The highest BCUT2D eigenvalue weighted by atomic mass is 16.2. The number of pyridine rings is 1. The van der Waals surface area contributed by atoms with Crippen molar-refractivity contribution < 1.29 is 9.59 Å². The van der Waals surface area contributed by atoms with E-state index in [1.54, 1.807) is 0 Å². The molecule has 2 aliphatic rings. The number of carbonyl (C=O) groups excluding carboxylic acids is 2. The molecular weight excluding hydrogens is 364 g/mol. The normalized spacial score (nSPS) is 24.8. The molecule has 0 saturated carbocycles. The molecule has 6 heteroatoms. The Labute approximate surface area is 175 Å². The van der Waals surface area contributed by atoms with E-state index in [4.69, 9.17) is 0 Å². The molecular formula is C23H36N4O2. The minimum atomic E-state index is -0.526. The zero-order valence-electron chi connectivity index (χ0n) is 18.6. The Morgan fingerprint density at radius 2 is 1.66 bits per heavy atom. The van der Waals surface area contributed by atoms with E-state index in [9.17, 15) is 9.59 Å². The fourth-order valence-electron chi connectivity index (χ4n) is 4.36. The number of carbonyl (C=O) groups is 2. The number of aromatic nitrogens is 1. The van der Waals surface area contributed by atoms with Crippen molar-refractivity contribution in [3.63, 3.8) is 0 Å². The first-order valence-electron chi connectivity index (χ1n) is 10.9. The molecule has 0 spiro atoms. The number of likely N-dealkylation sites (tertiary alicyclic amines) is 1. The molecule has 3 heterocycles. The highest BCUT2D eigenvalue weighted by molar-refractivity contribution is 6.02. The average Bonchev–Trinajstić information content (AvgIpc) is 2.72. The van der Waals surface area contributed by atoms with E-state index in [0.29, 0.717) is 6.54 Å². The van der Waals surface area contributed by atoms with Crippen LogP contribution < -0.4 is 4.90 Å². The molecule has 3 rings (SSSR count). The monoisotopic (exact) mass is 400 g/mol. The van der Waals surface area contributed by atoms with E-state index < -0.39 is 5.41 Å². The molecule has 2 saturated heterocycles. The molecule has 1 aromatic heterocycles. The Morgan fingerprint density at radius 3 is 2.28 bits per heavy atom. The Morgan fingerprint density at radius 1 is 1.00 bits per heavy atom. The highest BCUT2D eigenvalue weighted by Crippen LogP contribution is 2.49. The van der Waals surface area contributed by atoms with Crippen LogP contribution >= 0.6 is 0 Å². The van der Waals surface area contributed by atoms with Crippen molar-refractivity contribution in [1.82, 2.24) is 14.8 Å². The van der Waals surface area contributed by atoms with Gasteiger partial charge in [-0.05, 0) is 36.9 Å². The predicted octanol–water partition coefficient (Wildman–Crippen LogP) is 3.04. The molecule has 29 heavy (non-hydrogen) atoms. The second-order valence-corrected chi connectivity index (χ2v) is 9.59. The molecule has 160 valence electrons. The number of hydrogen-bond donors (Lipinski definition) is 0. The average molecular weight is 401 g/mol. The van der Waals surface area contributed by atoms with E-state index in [0.717, 1.165) is 51.4 Å². The van der Waals surface area contributed by atoms with Crippen LogP contribution in [0.3, 0.4) is 0 Å². The summed E-state index contributed by atoms with van der Waals surface area (Å²) in [6, 6.07) is 6.04. The van der Waals surface area contributed by atoms with Crippen molar-refractivity contribution in [2.24, 2.45) is 16.7 Å². The van der Waals surface area contributed by atoms with Gasteiger partial charge in [-0.25, -0.2) is 4.98 Å². The smallest absolute Gasteiger partial charge is 0.235 e. The topological polar surface area (TPSA) is 56.8 Å². The molecule has 0 N–H and O–H groups in total. The molecule has 0 aromatic carbocycles. The van der Waals surface area contributed by atoms with Crippen LogP contribution in [0.25, 0.3) is 0 Å². The number of rotatable bonds is 6. The second-order valence-electron chi connectivity index (χ2n) is 9.59. The van der Waals surface area contributed by atoms with Gasteiger partial charge in [0.05, 0.1) is 5.41 Å². The zero-order chi connectivity index (χ0) is 21.2. The first-order chi connectivity index (χ1) is 13.7. The maximum Gasteiger partial charge on any atom is 0.235 e. The van der Waals surface area contributed by atoms with Crippen molar-refractivity contribution in [3.05, 3.63) is 24.4 Å². The molecule has 0 radical (unpaired) electrons. The number of amides is 2. The zero-order valence-corrected chi connectivity index (χ0v) is 18.6. The van der Waals surface area contributed by atoms with Crippen LogP contribution in [0.1, 0.15) is 47.5 Å². The third kappa shape index (κ3) is 4.18. The summed E-state index contributed by atoms with van der Waals surface area (Å²) in [7, 11) is 0. The van der Waals surface area contributed by atoms with E-state index in [2.05, 4.69) is 20.9 Å². The molecule has 1 aromatic rings. The number of piperidine rings is 1. The SMILES string of the molecule is C[C@@H]1C(=O)N(CCCCN2CCN(c3ccccn3)CC2)C(=O)C(C)(C)C1(C)C. The molecule has 2 amide bonds. The number of nitrogens with zero attached hydrogens (tertiary/aromatic N) is 4. The largest absolute Gasteiger partial charge is 0.354 e. The minimum absolute atomic E-state index is 0.0108. The summed E-state index contributed by atoms with van der Waals surface area (Å²) in [6.45, 7) is 15.6. The molecule has 2 aliphatic heterocycles. The van der Waals surface area contributed by atoms with Gasteiger partial charge in [0.1, 0.15) is 5.82 Å². The molecule has 0 unspecified atom stereocenters. The van der Waals surface area contributed by atoms with E-state index in [1.165, 1.54) is 4.90 Å². The van der Waals surface area contributed by atoms with Crippen molar-refractivity contribution in [2.75, 3.05) is 44.2 Å². The summed E-state index contributed by atoms with van der Waals surface area (Å²) < 4.78 is 0. The molecule has 6 nitrogen and oxygen atoms in total. The summed E-state index contributed by atoms with van der Waals surface area (Å²) in [5.74, 6) is 0.877. The number of unbranched alkanes of at least 4 members (excludes halogenated alkanes) is 1. The maximum absolute atomic E-state index is 13.0. The lowest BCUT2D eigenvalue weighted by Gasteiger charge is -2.51. The summed E-state index contributed by atoms with van der Waals surface area (Å²) in [5, 5.41) is 0. The predicted molar refractivity (Wildman–Crippen MR) is 116 cm³/mol. The van der Waals surface area contributed by atoms with E-state index in [-0.39, 0.29) is 23.1 Å². The summed E-state index contributed by atoms with van der Waals surface area (Å²) in [5.41, 5.74) is -0.854. The lowest BCUT2D eigenvalue weighted by Crippen LogP contribution is -2.61. The van der Waals surface area contributed by atoms with Crippen LogP contribution in [-0.2, 0) is 9.59 Å². The number of anilines is 1. The molecule has 0 aliphatic carbocycles. The number of piperazine rings is 1. The molecule has 1 atom stereocenters. The number of imide groups is 1. The van der Waals surface area contributed by atoms with Gasteiger partial charge in [0.25, 0.3) is 0 Å². The second kappa shape index (κ2) is 8.42. The van der Waals surface area contributed by atoms with Crippen molar-refractivity contribution in [3.8, 4) is 0 Å². The standard InChI is InChI=1S/C23H36N4O2/c1-18-20(28)27(21(29)23(4,5)22(18,2)3)13-9-8-12-25-14-16-26(17-15-25)19-10-6-7-11-24-19/h6-7,10-11,18H,8-9,12-17H2,1-5H3/t18-/m1/s1. The third-order valence-corrected chi connectivity index (χ3v) is 7.56. The molecule has 2 fully saturated rings. The van der Waals surface area contributed by atoms with Crippen molar-refractivity contribution in [1.29, 1.82) is 0 Å². The quantitative estimate of drug-likeness (QED) is 0.543. The third-order valence-electron chi connectivity index (χ3n) is 7.56. The van der Waals surface area contributed by atoms with Gasteiger partial charge in [-0.2, -0.15) is 0 Å². The van der Waals surface area contributed by atoms with Crippen molar-refractivity contribution >= 4 is 17.6 Å². The van der Waals surface area contributed by atoms with Gasteiger partial charge in [-0.3, -0.25) is 19.4 Å². The Kier molecular flexibility index (Phi) is 6.32. The van der Waals surface area contributed by atoms with Gasteiger partial charge < -0.3 is 4.90 Å². The van der Waals surface area contributed by atoms with Gasteiger partial charge in [0, 0.05) is 44.8 Å². The first kappa shape index (κ1) is 21.8. The fraction of sp³-hybridized carbons (Fsp3) is 0.696. The van der Waals surface area contributed by atoms with Crippen LogP contribution in [-0.4, -0.2) is 65.9 Å². The summed E-state index contributed by atoms with van der Waals surface area (Å²) in [4.78, 5) is 36.5. The Hall–Kier alpha value is -1.95. The highest BCUT2D eigenvalue weighted by Gasteiger charge is 2.56. The number of hydrogen-bond acceptors (Lipinski definition) is 5. The van der Waals surface area contributed by atoms with E-state index >= 15 is 0 Å². The van der Waals surface area contributed by atoms with Crippen molar-refractivity contribution in [2.45, 2.75) is 47.5 Å². The lowest BCUT2D eigenvalue weighted by atomic mass is 9.58. The van der Waals surface area contributed by atoms with Gasteiger partial charge >= 0.3 is 0 Å². The maximum atomic E-state index is 13.0. The van der Waals surface area contributed by atoms with Gasteiger partial charge in [-0.15, -0.1) is 0 Å². The minimum Gasteiger partial charge on any atom is -0.354 e. The fourth-order valence-corrected chi connectivity index (χ4v) is 4.36. The van der Waals surface area contributed by atoms with Crippen LogP contribution in [0.15, 0.2) is 24.4 Å². The Bertz CT molecular complexity index is 724. The van der Waals surface area contributed by atoms with Gasteiger partial charge in [0.2, 0.25) is 11.8 Å². The van der Waals surface area contributed by atoms with Gasteiger partial charge in [0.15, 0.2) is 0 Å². The summed E-state index contributed by atoms with van der Waals surface area (Å²) in [6.07, 6.45) is 3.70.